The average molecular weight is 730 g/mol. The number of likely N-dealkylation sites (tertiary alicyclic amines) is 1. The van der Waals surface area contributed by atoms with E-state index in [9.17, 15) is 19.5 Å². The van der Waals surface area contributed by atoms with E-state index in [-0.39, 0.29) is 49.1 Å². The molecule has 2 aliphatic rings. The summed E-state index contributed by atoms with van der Waals surface area (Å²) in [6.45, 7) is 7.44. The molecule has 2 fully saturated rings. The van der Waals surface area contributed by atoms with Crippen LogP contribution in [0.5, 0.6) is 0 Å². The maximum atomic E-state index is 13.1. The summed E-state index contributed by atoms with van der Waals surface area (Å²) < 4.78 is 19.1. The number of amides is 2. The highest BCUT2D eigenvalue weighted by Gasteiger charge is 2.39. The predicted octanol–water partition coefficient (Wildman–Crippen LogP) is 6.66. The smallest absolute Gasteiger partial charge is 0.323 e. The number of benzene rings is 3. The summed E-state index contributed by atoms with van der Waals surface area (Å²) in [6, 6.07) is 23.8. The molecule has 0 saturated carbocycles. The molecule has 4 atom stereocenters. The number of nitrogens with one attached hydrogen (secondary N) is 2. The van der Waals surface area contributed by atoms with Crippen LogP contribution >= 0.6 is 0 Å². The number of carbonyl (C=O) groups excluding carboxylic acids is 3. The molecule has 286 valence electrons. The molecule has 0 aliphatic carbocycles. The molecular formula is C42H55N3O8. The molecular weight excluding hydrogens is 674 g/mol. The summed E-state index contributed by atoms with van der Waals surface area (Å²) >= 11 is 0. The zero-order valence-corrected chi connectivity index (χ0v) is 31.2. The molecule has 0 radical (unpaired) electrons. The molecule has 0 aromatic heterocycles. The Hall–Kier alpha value is -4.13. The molecule has 11 heteroatoms. The number of hydrogen-bond acceptors (Lipinski definition) is 9. The number of nitrogens with zero attached hydrogens (tertiary/aromatic N) is 1. The fourth-order valence-corrected chi connectivity index (χ4v) is 6.97. The summed E-state index contributed by atoms with van der Waals surface area (Å²) in [7, 11) is 0. The lowest BCUT2D eigenvalue weighted by atomic mass is 9.98. The minimum absolute atomic E-state index is 0.0152. The van der Waals surface area contributed by atoms with Gasteiger partial charge in [-0.3, -0.25) is 24.5 Å². The lowest BCUT2D eigenvalue weighted by Crippen LogP contribution is -2.45. The van der Waals surface area contributed by atoms with Gasteiger partial charge in [-0.1, -0.05) is 73.5 Å². The van der Waals surface area contributed by atoms with Crippen molar-refractivity contribution in [2.75, 3.05) is 13.1 Å². The SMILES string of the molecule is CC(C)(C)OC(=O)[C@@H]1CCCN1C[C@H]1C[C@@H](c2ccc(CO)cc2)O[C@@H](c2cccc(-c3cccc(CNC(=O)CCCCCCC(=O)NO)c3)c2)O1. The van der Waals surface area contributed by atoms with Crippen LogP contribution in [0.15, 0.2) is 72.8 Å². The van der Waals surface area contributed by atoms with E-state index < -0.39 is 11.9 Å². The number of aliphatic hydroxyl groups is 1. The Morgan fingerprint density at radius 3 is 2.25 bits per heavy atom. The van der Waals surface area contributed by atoms with Gasteiger partial charge in [0.2, 0.25) is 11.8 Å². The van der Waals surface area contributed by atoms with Crippen molar-refractivity contribution in [2.45, 2.75) is 122 Å². The zero-order chi connectivity index (χ0) is 37.8. The molecule has 0 spiro atoms. The van der Waals surface area contributed by atoms with Crippen molar-refractivity contribution in [3.8, 4) is 11.1 Å². The fourth-order valence-electron chi connectivity index (χ4n) is 6.97. The van der Waals surface area contributed by atoms with E-state index in [0.29, 0.717) is 32.4 Å². The van der Waals surface area contributed by atoms with Gasteiger partial charge >= 0.3 is 5.97 Å². The number of hydroxylamine groups is 1. The van der Waals surface area contributed by atoms with E-state index in [1.807, 2.05) is 81.4 Å². The number of rotatable bonds is 16. The lowest BCUT2D eigenvalue weighted by Gasteiger charge is -2.38. The van der Waals surface area contributed by atoms with Crippen molar-refractivity contribution in [1.82, 2.24) is 15.7 Å². The van der Waals surface area contributed by atoms with Gasteiger partial charge in [0.25, 0.3) is 0 Å². The molecule has 2 saturated heterocycles. The first-order valence-corrected chi connectivity index (χ1v) is 18.9. The Labute approximate surface area is 313 Å². The third-order valence-corrected chi connectivity index (χ3v) is 9.69. The standard InChI is InChI=1S/C42H55N3O8/c1-42(2,3)53-40(49)36-15-10-22-45(36)27-35-25-37(31-20-18-29(28-46)19-21-31)52-41(51-35)34-14-9-13-33(24-34)32-12-8-11-30(23-32)26-43-38(47)16-6-4-5-7-17-39(48)44-50/h8-9,11-14,18-21,23-24,35-37,41,46,50H,4-7,10,15-17,22,25-28H2,1-3H3,(H,43,47)(H,44,48)/t35-,36+,37+,41+/m1/s1. The van der Waals surface area contributed by atoms with Crippen molar-refractivity contribution in [3.63, 3.8) is 0 Å². The van der Waals surface area contributed by atoms with Gasteiger partial charge in [-0.15, -0.1) is 0 Å². The fraction of sp³-hybridized carbons (Fsp3) is 0.500. The first-order chi connectivity index (χ1) is 25.5. The van der Waals surface area contributed by atoms with E-state index in [2.05, 4.69) is 22.3 Å². The Bertz CT molecular complexity index is 1660. The summed E-state index contributed by atoms with van der Waals surface area (Å²) in [6.07, 6.45) is 4.97. The molecule has 4 N–H and O–H groups in total. The third kappa shape index (κ3) is 12.2. The van der Waals surface area contributed by atoms with Gasteiger partial charge in [-0.2, -0.15) is 0 Å². The highest BCUT2D eigenvalue weighted by atomic mass is 16.7. The van der Waals surface area contributed by atoms with E-state index in [1.165, 1.54) is 0 Å². The Morgan fingerprint density at radius 2 is 1.55 bits per heavy atom. The largest absolute Gasteiger partial charge is 0.459 e. The summed E-state index contributed by atoms with van der Waals surface area (Å²) in [5, 5.41) is 21.2. The van der Waals surface area contributed by atoms with Gasteiger partial charge in [-0.25, -0.2) is 5.48 Å². The summed E-state index contributed by atoms with van der Waals surface area (Å²) in [4.78, 5) is 38.9. The molecule has 5 rings (SSSR count). The number of aliphatic hydroxyl groups excluding tert-OH is 1. The van der Waals surface area contributed by atoms with Crippen LogP contribution in [0, 0.1) is 0 Å². The van der Waals surface area contributed by atoms with E-state index in [0.717, 1.165) is 72.0 Å². The Balaban J connectivity index is 1.25. The Kier molecular flexibility index (Phi) is 14.6. The number of esters is 1. The third-order valence-electron chi connectivity index (χ3n) is 9.69. The first-order valence-electron chi connectivity index (χ1n) is 18.9. The first kappa shape index (κ1) is 40.1. The number of unbranched alkanes of at least 4 members (excludes halogenated alkanes) is 3. The maximum absolute atomic E-state index is 13.1. The van der Waals surface area contributed by atoms with Gasteiger partial charge in [0.05, 0.1) is 18.8 Å². The van der Waals surface area contributed by atoms with Crippen LogP contribution < -0.4 is 10.8 Å². The van der Waals surface area contributed by atoms with Crippen molar-refractivity contribution >= 4 is 17.8 Å². The predicted molar refractivity (Wildman–Crippen MR) is 200 cm³/mol. The normalized spacial score (nSPS) is 20.5. The molecule has 53 heavy (non-hydrogen) atoms. The van der Waals surface area contributed by atoms with Crippen LogP contribution in [0.25, 0.3) is 11.1 Å². The van der Waals surface area contributed by atoms with Crippen LogP contribution in [0.4, 0.5) is 0 Å². The minimum Gasteiger partial charge on any atom is -0.459 e. The monoisotopic (exact) mass is 729 g/mol. The topological polar surface area (TPSA) is 147 Å². The molecule has 3 aromatic rings. The minimum atomic E-state index is -0.645. The van der Waals surface area contributed by atoms with Crippen molar-refractivity contribution in [3.05, 3.63) is 95.1 Å². The van der Waals surface area contributed by atoms with Gasteiger partial charge in [0.15, 0.2) is 6.29 Å². The van der Waals surface area contributed by atoms with Gasteiger partial charge < -0.3 is 24.6 Å². The van der Waals surface area contributed by atoms with Crippen LogP contribution in [0.2, 0.25) is 0 Å². The number of carbonyl (C=O) groups is 3. The second-order valence-electron chi connectivity index (χ2n) is 15.1. The van der Waals surface area contributed by atoms with E-state index in [1.54, 1.807) is 5.48 Å². The Morgan fingerprint density at radius 1 is 0.849 bits per heavy atom. The average Bonchev–Trinajstić information content (AvgIpc) is 3.63. The molecule has 0 unspecified atom stereocenters. The van der Waals surface area contributed by atoms with Crippen LogP contribution in [-0.2, 0) is 41.7 Å². The molecule has 3 aromatic carbocycles. The summed E-state index contributed by atoms with van der Waals surface area (Å²) in [5.74, 6) is -0.595. The molecule has 2 aliphatic heterocycles. The lowest BCUT2D eigenvalue weighted by molar-refractivity contribution is -0.253. The van der Waals surface area contributed by atoms with E-state index in [4.69, 9.17) is 19.4 Å². The highest BCUT2D eigenvalue weighted by molar-refractivity contribution is 5.77. The second-order valence-corrected chi connectivity index (χ2v) is 15.1. The van der Waals surface area contributed by atoms with Crippen molar-refractivity contribution < 1.29 is 38.9 Å². The van der Waals surface area contributed by atoms with Gasteiger partial charge in [0.1, 0.15) is 11.6 Å². The van der Waals surface area contributed by atoms with Crippen LogP contribution in [0.3, 0.4) is 0 Å². The maximum Gasteiger partial charge on any atom is 0.323 e. The van der Waals surface area contributed by atoms with Gasteiger partial charge in [-0.05, 0) is 92.9 Å². The second kappa shape index (κ2) is 19.3. The summed E-state index contributed by atoms with van der Waals surface area (Å²) in [5.41, 5.74) is 6.78. The molecule has 0 bridgehead atoms. The zero-order valence-electron chi connectivity index (χ0n) is 31.2. The van der Waals surface area contributed by atoms with E-state index >= 15 is 0 Å². The molecule has 2 heterocycles. The van der Waals surface area contributed by atoms with Crippen LogP contribution in [-0.4, -0.2) is 63.8 Å². The highest BCUT2D eigenvalue weighted by Crippen LogP contribution is 2.39. The van der Waals surface area contributed by atoms with Gasteiger partial charge in [0, 0.05) is 37.9 Å². The van der Waals surface area contributed by atoms with Crippen molar-refractivity contribution in [1.29, 1.82) is 0 Å². The van der Waals surface area contributed by atoms with Crippen LogP contribution in [0.1, 0.15) is 113 Å². The number of ether oxygens (including phenoxy) is 3. The molecule has 11 nitrogen and oxygen atoms in total. The van der Waals surface area contributed by atoms with Crippen molar-refractivity contribution in [2.24, 2.45) is 0 Å². The number of hydrogen-bond donors (Lipinski definition) is 4. The molecule has 2 amide bonds. The quantitative estimate of drug-likeness (QED) is 0.0550.